The minimum absolute atomic E-state index is 0.137. The van der Waals surface area contributed by atoms with Crippen LogP contribution in [-0.4, -0.2) is 20.6 Å². The van der Waals surface area contributed by atoms with E-state index < -0.39 is 10.0 Å². The van der Waals surface area contributed by atoms with Gasteiger partial charge in [0.15, 0.2) is 0 Å². The molecular formula is C23H23ClN2O3S. The molecule has 0 aromatic heterocycles. The zero-order valence-corrected chi connectivity index (χ0v) is 18.6. The lowest BCUT2D eigenvalue weighted by molar-refractivity contribution is 0.102. The lowest BCUT2D eigenvalue weighted by Crippen LogP contribution is -2.29. The summed E-state index contributed by atoms with van der Waals surface area (Å²) < 4.78 is 25.9. The van der Waals surface area contributed by atoms with Gasteiger partial charge in [0, 0.05) is 16.3 Å². The van der Waals surface area contributed by atoms with Crippen molar-refractivity contribution in [2.24, 2.45) is 0 Å². The number of amides is 1. The molecule has 0 bridgehead atoms. The molecule has 156 valence electrons. The molecular weight excluding hydrogens is 420 g/mol. The van der Waals surface area contributed by atoms with Crippen molar-refractivity contribution in [2.45, 2.75) is 20.4 Å². The summed E-state index contributed by atoms with van der Waals surface area (Å²) in [6, 6.07) is 19.4. The number of nitrogens with zero attached hydrogens (tertiary/aromatic N) is 1. The highest BCUT2D eigenvalue weighted by molar-refractivity contribution is 7.92. The first-order chi connectivity index (χ1) is 14.1. The van der Waals surface area contributed by atoms with Crippen LogP contribution in [0.3, 0.4) is 0 Å². The molecule has 5 nitrogen and oxygen atoms in total. The molecule has 0 heterocycles. The van der Waals surface area contributed by atoms with Gasteiger partial charge in [-0.1, -0.05) is 47.5 Å². The summed E-state index contributed by atoms with van der Waals surface area (Å²) in [4.78, 5) is 12.6. The highest BCUT2D eigenvalue weighted by Crippen LogP contribution is 2.24. The molecule has 0 saturated heterocycles. The largest absolute Gasteiger partial charge is 0.322 e. The molecule has 0 aliphatic heterocycles. The summed E-state index contributed by atoms with van der Waals surface area (Å²) in [5.41, 5.74) is 4.62. The third-order valence-corrected chi connectivity index (χ3v) is 6.04. The van der Waals surface area contributed by atoms with E-state index in [1.165, 1.54) is 4.31 Å². The Morgan fingerprint density at radius 3 is 2.30 bits per heavy atom. The van der Waals surface area contributed by atoms with E-state index in [-0.39, 0.29) is 12.5 Å². The average Bonchev–Trinajstić information content (AvgIpc) is 2.68. The zero-order valence-electron chi connectivity index (χ0n) is 17.0. The van der Waals surface area contributed by atoms with Crippen LogP contribution in [0.2, 0.25) is 5.02 Å². The topological polar surface area (TPSA) is 66.5 Å². The standard InChI is InChI=1S/C23H23ClN2O3S/c1-16-7-12-22(17(2)13-16)25-23(27)19-10-8-18(9-11-19)15-26(30(3,28)29)21-6-4-5-20(24)14-21/h4-14H,15H2,1-3H3,(H,25,27). The van der Waals surface area contributed by atoms with Gasteiger partial charge < -0.3 is 5.32 Å². The van der Waals surface area contributed by atoms with Gasteiger partial charge in [0.1, 0.15) is 0 Å². The van der Waals surface area contributed by atoms with Gasteiger partial charge in [0.2, 0.25) is 10.0 Å². The summed E-state index contributed by atoms with van der Waals surface area (Å²) in [5, 5.41) is 3.37. The molecule has 3 aromatic rings. The summed E-state index contributed by atoms with van der Waals surface area (Å²) in [6.07, 6.45) is 1.15. The lowest BCUT2D eigenvalue weighted by atomic mass is 10.1. The molecule has 0 aliphatic carbocycles. The number of carbonyl (C=O) groups excluding carboxylic acids is 1. The quantitative estimate of drug-likeness (QED) is 0.572. The highest BCUT2D eigenvalue weighted by atomic mass is 35.5. The number of hydrogen-bond acceptors (Lipinski definition) is 3. The molecule has 0 fully saturated rings. The molecule has 30 heavy (non-hydrogen) atoms. The maximum absolute atomic E-state index is 12.6. The van der Waals surface area contributed by atoms with Gasteiger partial charge in [-0.3, -0.25) is 9.10 Å². The predicted molar refractivity (Wildman–Crippen MR) is 123 cm³/mol. The van der Waals surface area contributed by atoms with Crippen LogP contribution in [0.25, 0.3) is 0 Å². The maximum Gasteiger partial charge on any atom is 0.255 e. The Morgan fingerprint density at radius 1 is 1.00 bits per heavy atom. The van der Waals surface area contributed by atoms with Gasteiger partial charge in [-0.2, -0.15) is 0 Å². The molecule has 0 atom stereocenters. The molecule has 3 aromatic carbocycles. The van der Waals surface area contributed by atoms with Crippen LogP contribution < -0.4 is 9.62 Å². The van der Waals surface area contributed by atoms with E-state index in [0.29, 0.717) is 16.3 Å². The van der Waals surface area contributed by atoms with E-state index in [1.54, 1.807) is 48.5 Å². The molecule has 0 saturated carbocycles. The van der Waals surface area contributed by atoms with Gasteiger partial charge in [-0.05, 0) is 61.4 Å². The van der Waals surface area contributed by atoms with Gasteiger partial charge in [0.05, 0.1) is 18.5 Å². The van der Waals surface area contributed by atoms with E-state index >= 15 is 0 Å². The molecule has 7 heteroatoms. The Hall–Kier alpha value is -2.83. The summed E-state index contributed by atoms with van der Waals surface area (Å²) in [5.74, 6) is -0.219. The Kier molecular flexibility index (Phi) is 6.48. The second kappa shape index (κ2) is 8.90. The normalized spacial score (nSPS) is 11.2. The molecule has 0 radical (unpaired) electrons. The minimum atomic E-state index is -3.51. The molecule has 0 aliphatic rings. The van der Waals surface area contributed by atoms with Crippen LogP contribution >= 0.6 is 11.6 Å². The second-order valence-electron chi connectivity index (χ2n) is 7.22. The van der Waals surface area contributed by atoms with Crippen molar-refractivity contribution in [1.29, 1.82) is 0 Å². The summed E-state index contributed by atoms with van der Waals surface area (Å²) in [6.45, 7) is 4.08. The Labute approximate surface area is 182 Å². The monoisotopic (exact) mass is 442 g/mol. The number of hydrogen-bond donors (Lipinski definition) is 1. The Morgan fingerprint density at radius 2 is 1.70 bits per heavy atom. The van der Waals surface area contributed by atoms with Crippen LogP contribution in [0.1, 0.15) is 27.0 Å². The summed E-state index contributed by atoms with van der Waals surface area (Å²) >= 11 is 6.02. The number of sulfonamides is 1. The molecule has 1 N–H and O–H groups in total. The van der Waals surface area contributed by atoms with Crippen molar-refractivity contribution in [2.75, 3.05) is 15.9 Å². The van der Waals surface area contributed by atoms with Crippen molar-refractivity contribution in [3.63, 3.8) is 0 Å². The van der Waals surface area contributed by atoms with Crippen molar-refractivity contribution < 1.29 is 13.2 Å². The van der Waals surface area contributed by atoms with E-state index in [0.717, 1.165) is 28.6 Å². The van der Waals surface area contributed by atoms with Crippen molar-refractivity contribution in [1.82, 2.24) is 0 Å². The zero-order chi connectivity index (χ0) is 21.9. The maximum atomic E-state index is 12.6. The third-order valence-electron chi connectivity index (χ3n) is 4.67. The molecule has 0 spiro atoms. The Balaban J connectivity index is 1.77. The van der Waals surface area contributed by atoms with E-state index in [2.05, 4.69) is 5.32 Å². The van der Waals surface area contributed by atoms with Crippen LogP contribution in [0, 0.1) is 13.8 Å². The molecule has 1 amide bonds. The second-order valence-corrected chi connectivity index (χ2v) is 9.56. The van der Waals surface area contributed by atoms with Gasteiger partial charge in [-0.25, -0.2) is 8.42 Å². The van der Waals surface area contributed by atoms with Gasteiger partial charge in [-0.15, -0.1) is 0 Å². The van der Waals surface area contributed by atoms with Crippen molar-refractivity contribution >= 4 is 38.9 Å². The number of carbonyl (C=O) groups is 1. The predicted octanol–water partition coefficient (Wildman–Crippen LogP) is 5.18. The number of halogens is 1. The first-order valence-corrected chi connectivity index (χ1v) is 11.6. The number of anilines is 2. The van der Waals surface area contributed by atoms with Crippen molar-refractivity contribution in [3.8, 4) is 0 Å². The number of aryl methyl sites for hydroxylation is 2. The summed E-state index contributed by atoms with van der Waals surface area (Å²) in [7, 11) is -3.51. The third kappa shape index (κ3) is 5.40. The minimum Gasteiger partial charge on any atom is -0.322 e. The fourth-order valence-electron chi connectivity index (χ4n) is 3.11. The first kappa shape index (κ1) is 21.9. The van der Waals surface area contributed by atoms with Crippen molar-refractivity contribution in [3.05, 3.63) is 94.0 Å². The lowest BCUT2D eigenvalue weighted by Gasteiger charge is -2.22. The molecule has 0 unspecified atom stereocenters. The fraction of sp³-hybridized carbons (Fsp3) is 0.174. The fourth-order valence-corrected chi connectivity index (χ4v) is 4.17. The van der Waals surface area contributed by atoms with Crippen LogP contribution in [0.5, 0.6) is 0 Å². The van der Waals surface area contributed by atoms with Crippen LogP contribution in [-0.2, 0) is 16.6 Å². The van der Waals surface area contributed by atoms with E-state index in [1.807, 2.05) is 32.0 Å². The smallest absolute Gasteiger partial charge is 0.255 e. The number of benzene rings is 3. The average molecular weight is 443 g/mol. The Bertz CT molecular complexity index is 1180. The van der Waals surface area contributed by atoms with Gasteiger partial charge >= 0.3 is 0 Å². The first-order valence-electron chi connectivity index (χ1n) is 9.34. The SMILES string of the molecule is Cc1ccc(NC(=O)c2ccc(CN(c3cccc(Cl)c3)S(C)(=O)=O)cc2)c(C)c1. The molecule has 3 rings (SSSR count). The van der Waals surface area contributed by atoms with E-state index in [9.17, 15) is 13.2 Å². The number of rotatable bonds is 6. The van der Waals surface area contributed by atoms with Gasteiger partial charge in [0.25, 0.3) is 5.91 Å². The van der Waals surface area contributed by atoms with Crippen LogP contribution in [0.15, 0.2) is 66.7 Å². The highest BCUT2D eigenvalue weighted by Gasteiger charge is 2.18. The number of nitrogens with one attached hydrogen (secondary N) is 1. The van der Waals surface area contributed by atoms with Crippen LogP contribution in [0.4, 0.5) is 11.4 Å². The van der Waals surface area contributed by atoms with E-state index in [4.69, 9.17) is 11.6 Å².